The summed E-state index contributed by atoms with van der Waals surface area (Å²) in [5, 5.41) is 3.61. The normalized spacial score (nSPS) is 10.4. The van der Waals surface area contributed by atoms with Crippen molar-refractivity contribution in [1.82, 2.24) is 0 Å². The van der Waals surface area contributed by atoms with Crippen LogP contribution in [0.2, 0.25) is 5.02 Å². The van der Waals surface area contributed by atoms with Crippen LogP contribution in [0.4, 0.5) is 10.1 Å². The molecule has 0 saturated carbocycles. The highest BCUT2D eigenvalue weighted by Gasteiger charge is 2.07. The Balaban J connectivity index is 2.19. The van der Waals surface area contributed by atoms with Gasteiger partial charge in [0, 0.05) is 30.9 Å². The molecule has 0 aliphatic rings. The second-order valence-corrected chi connectivity index (χ2v) is 6.19. The van der Waals surface area contributed by atoms with Crippen LogP contribution in [0.1, 0.15) is 5.56 Å². The maximum atomic E-state index is 13.6. The molecule has 94 valence electrons. The van der Waals surface area contributed by atoms with E-state index in [1.54, 1.807) is 12.1 Å². The Hall–Kier alpha value is -0.330. The van der Waals surface area contributed by atoms with Crippen molar-refractivity contribution in [2.24, 2.45) is 0 Å². The minimum atomic E-state index is -0.295. The third kappa shape index (κ3) is 3.36. The van der Waals surface area contributed by atoms with Gasteiger partial charge in [-0.15, -0.1) is 0 Å². The van der Waals surface area contributed by atoms with Crippen LogP contribution in [0.5, 0.6) is 0 Å². The van der Waals surface area contributed by atoms with Crippen LogP contribution < -0.4 is 5.32 Å². The number of rotatable bonds is 3. The van der Waals surface area contributed by atoms with Gasteiger partial charge in [-0.05, 0) is 68.9 Å². The number of benzene rings is 2. The van der Waals surface area contributed by atoms with Crippen molar-refractivity contribution in [2.75, 3.05) is 5.32 Å². The van der Waals surface area contributed by atoms with Gasteiger partial charge in [-0.2, -0.15) is 0 Å². The summed E-state index contributed by atoms with van der Waals surface area (Å²) in [5.41, 5.74) is 1.39. The minimum Gasteiger partial charge on any atom is -0.380 e. The van der Waals surface area contributed by atoms with E-state index in [0.717, 1.165) is 13.7 Å². The van der Waals surface area contributed by atoms with Crippen LogP contribution >= 0.6 is 50.1 Å². The monoisotopic (exact) mass is 439 g/mol. The van der Waals surface area contributed by atoms with Crippen molar-refractivity contribution in [3.63, 3.8) is 0 Å². The summed E-state index contributed by atoms with van der Waals surface area (Å²) in [4.78, 5) is 0. The van der Waals surface area contributed by atoms with Crippen LogP contribution in [0.3, 0.4) is 0 Å². The van der Waals surface area contributed by atoms with Crippen LogP contribution in [-0.2, 0) is 6.54 Å². The van der Waals surface area contributed by atoms with E-state index in [4.69, 9.17) is 11.6 Å². The Morgan fingerprint density at radius 2 is 2.06 bits per heavy atom. The standard InChI is InChI=1S/C13H9BrClFIN/c14-10-5-4-8(17)6-13(10)18-7-9-11(15)2-1-3-12(9)16/h1-6,18H,7H2. The average Bonchev–Trinajstić information content (AvgIpc) is 2.33. The van der Waals surface area contributed by atoms with Crippen LogP contribution in [-0.4, -0.2) is 0 Å². The summed E-state index contributed by atoms with van der Waals surface area (Å²) < 4.78 is 15.6. The van der Waals surface area contributed by atoms with Gasteiger partial charge >= 0.3 is 0 Å². The summed E-state index contributed by atoms with van der Waals surface area (Å²) >= 11 is 11.7. The van der Waals surface area contributed by atoms with Crippen molar-refractivity contribution >= 4 is 55.8 Å². The zero-order valence-corrected chi connectivity index (χ0v) is 13.7. The molecule has 0 aliphatic heterocycles. The third-order valence-corrected chi connectivity index (χ3v) is 4.16. The third-order valence-electron chi connectivity index (χ3n) is 2.45. The van der Waals surface area contributed by atoms with Crippen molar-refractivity contribution in [3.05, 3.63) is 60.8 Å². The lowest BCUT2D eigenvalue weighted by Crippen LogP contribution is -2.03. The van der Waals surface area contributed by atoms with E-state index in [1.165, 1.54) is 6.07 Å². The topological polar surface area (TPSA) is 12.0 Å². The summed E-state index contributed by atoms with van der Waals surface area (Å²) in [7, 11) is 0. The molecule has 0 atom stereocenters. The molecule has 0 aromatic heterocycles. The van der Waals surface area contributed by atoms with Crippen molar-refractivity contribution in [1.29, 1.82) is 0 Å². The molecule has 1 nitrogen and oxygen atoms in total. The summed E-state index contributed by atoms with van der Waals surface area (Å²) in [5.74, 6) is -0.295. The van der Waals surface area contributed by atoms with Crippen LogP contribution in [0.25, 0.3) is 0 Å². The molecule has 0 bridgehead atoms. The van der Waals surface area contributed by atoms with E-state index in [1.807, 2.05) is 18.2 Å². The van der Waals surface area contributed by atoms with E-state index >= 15 is 0 Å². The van der Waals surface area contributed by atoms with Crippen molar-refractivity contribution in [3.8, 4) is 0 Å². The molecular weight excluding hydrogens is 431 g/mol. The molecule has 18 heavy (non-hydrogen) atoms. The van der Waals surface area contributed by atoms with Gasteiger partial charge in [-0.1, -0.05) is 17.7 Å². The molecule has 0 spiro atoms. The van der Waals surface area contributed by atoms with Gasteiger partial charge in [0.25, 0.3) is 0 Å². The summed E-state index contributed by atoms with van der Waals surface area (Å²) in [6.07, 6.45) is 0. The molecule has 2 aromatic rings. The molecule has 5 heteroatoms. The van der Waals surface area contributed by atoms with E-state index in [0.29, 0.717) is 17.1 Å². The number of nitrogens with one attached hydrogen (secondary N) is 1. The highest BCUT2D eigenvalue weighted by atomic mass is 127. The van der Waals surface area contributed by atoms with Gasteiger partial charge in [0.15, 0.2) is 0 Å². The first-order valence-corrected chi connectivity index (χ1v) is 7.44. The molecule has 0 amide bonds. The van der Waals surface area contributed by atoms with Gasteiger partial charge in [0.1, 0.15) is 5.82 Å². The fraction of sp³-hybridized carbons (Fsp3) is 0.0769. The summed E-state index contributed by atoms with van der Waals surface area (Å²) in [6.45, 7) is 0.351. The van der Waals surface area contributed by atoms with E-state index in [2.05, 4.69) is 43.8 Å². The van der Waals surface area contributed by atoms with Gasteiger partial charge in [-0.3, -0.25) is 0 Å². The molecule has 2 aromatic carbocycles. The Morgan fingerprint density at radius 3 is 2.78 bits per heavy atom. The second kappa shape index (κ2) is 6.21. The zero-order chi connectivity index (χ0) is 13.1. The SMILES string of the molecule is Fc1cccc(Cl)c1CNc1cc(I)ccc1Br. The highest BCUT2D eigenvalue weighted by molar-refractivity contribution is 14.1. The maximum Gasteiger partial charge on any atom is 0.129 e. The first kappa shape index (κ1) is 14.1. The number of hydrogen-bond acceptors (Lipinski definition) is 1. The van der Waals surface area contributed by atoms with E-state index in [-0.39, 0.29) is 5.82 Å². The molecule has 0 radical (unpaired) electrons. The fourth-order valence-electron chi connectivity index (χ4n) is 1.52. The molecular formula is C13H9BrClFIN. The largest absolute Gasteiger partial charge is 0.380 e. The lowest BCUT2D eigenvalue weighted by Gasteiger charge is -2.11. The van der Waals surface area contributed by atoms with Gasteiger partial charge in [0.2, 0.25) is 0 Å². The lowest BCUT2D eigenvalue weighted by molar-refractivity contribution is 0.613. The van der Waals surface area contributed by atoms with E-state index in [9.17, 15) is 4.39 Å². The fourth-order valence-corrected chi connectivity index (χ4v) is 2.63. The summed E-state index contributed by atoms with van der Waals surface area (Å²) in [6, 6.07) is 10.6. The predicted octanol–water partition coefficient (Wildman–Crippen LogP) is 5.46. The van der Waals surface area contributed by atoms with Crippen LogP contribution in [0, 0.1) is 9.39 Å². The lowest BCUT2D eigenvalue weighted by atomic mass is 10.2. The average molecular weight is 440 g/mol. The van der Waals surface area contributed by atoms with Crippen LogP contribution in [0.15, 0.2) is 40.9 Å². The van der Waals surface area contributed by atoms with Crippen molar-refractivity contribution in [2.45, 2.75) is 6.54 Å². The second-order valence-electron chi connectivity index (χ2n) is 3.68. The van der Waals surface area contributed by atoms with Gasteiger partial charge in [0.05, 0.1) is 0 Å². The zero-order valence-electron chi connectivity index (χ0n) is 9.18. The molecule has 0 heterocycles. The van der Waals surface area contributed by atoms with Gasteiger partial charge in [-0.25, -0.2) is 4.39 Å². The Morgan fingerprint density at radius 1 is 1.28 bits per heavy atom. The molecule has 0 saturated heterocycles. The smallest absolute Gasteiger partial charge is 0.129 e. The quantitative estimate of drug-likeness (QED) is 0.625. The Labute approximate surface area is 132 Å². The Bertz CT molecular complexity index is 557. The number of halogens is 4. The predicted molar refractivity (Wildman–Crippen MR) is 85.6 cm³/mol. The van der Waals surface area contributed by atoms with E-state index < -0.39 is 0 Å². The molecule has 0 unspecified atom stereocenters. The number of anilines is 1. The molecule has 1 N–H and O–H groups in total. The molecule has 0 aliphatic carbocycles. The minimum absolute atomic E-state index is 0.295. The Kier molecular flexibility index (Phi) is 4.86. The molecule has 0 fully saturated rings. The highest BCUT2D eigenvalue weighted by Crippen LogP contribution is 2.26. The first-order valence-electron chi connectivity index (χ1n) is 5.20. The maximum absolute atomic E-state index is 13.6. The van der Waals surface area contributed by atoms with Gasteiger partial charge < -0.3 is 5.32 Å². The molecule has 2 rings (SSSR count). The van der Waals surface area contributed by atoms with Crippen molar-refractivity contribution < 1.29 is 4.39 Å². The number of hydrogen-bond donors (Lipinski definition) is 1. The first-order chi connectivity index (χ1) is 8.58.